The molecule has 4 nitrogen and oxygen atoms in total. The summed E-state index contributed by atoms with van der Waals surface area (Å²) in [5.41, 5.74) is -0.334. The Hall–Kier alpha value is -1.55. The molecule has 3 rings (SSSR count). The van der Waals surface area contributed by atoms with Crippen molar-refractivity contribution in [2.24, 2.45) is 11.8 Å². The molecule has 0 spiro atoms. The Morgan fingerprint density at radius 1 is 1.57 bits per heavy atom. The van der Waals surface area contributed by atoms with Crippen LogP contribution in [0.4, 0.5) is 0 Å². The first-order chi connectivity index (χ1) is 17.7. The topological polar surface area (TPSA) is 38.8 Å². The Labute approximate surface area is 162 Å². The van der Waals surface area contributed by atoms with Crippen LogP contribution in [0.5, 0.6) is 11.5 Å². The lowest BCUT2D eigenvalue weighted by molar-refractivity contribution is -0.129. The highest BCUT2D eigenvalue weighted by Crippen LogP contribution is 2.42. The number of carbonyl (C=O) groups excluding carboxylic acids is 1. The van der Waals surface area contributed by atoms with Crippen LogP contribution in [-0.2, 0) is 11.2 Å². The molecule has 1 saturated heterocycles. The van der Waals surface area contributed by atoms with Gasteiger partial charge in [0.2, 0.25) is 0 Å². The molecule has 0 aliphatic carbocycles. The van der Waals surface area contributed by atoms with Crippen molar-refractivity contribution in [1.82, 2.24) is 4.90 Å². The summed E-state index contributed by atoms with van der Waals surface area (Å²) in [7, 11) is -1.99. The minimum atomic E-state index is -4.01. The highest BCUT2D eigenvalue weighted by atomic mass is 16.5. The fourth-order valence-electron chi connectivity index (χ4n) is 2.80. The van der Waals surface area contributed by atoms with Crippen molar-refractivity contribution in [2.45, 2.75) is 38.9 Å². The Balaban J connectivity index is 2.27. The number of fused-ring (bicyclic) bond motifs is 3. The number of carbonyl (C=O) groups is 1. The largest absolute Gasteiger partial charge is 0.493 e. The molecule has 1 fully saturated rings. The molecule has 0 amide bonds. The number of hydrogen-bond acceptors (Lipinski definition) is 4. The van der Waals surface area contributed by atoms with Crippen LogP contribution >= 0.6 is 0 Å². The molecule has 2 aliphatic rings. The van der Waals surface area contributed by atoms with Crippen molar-refractivity contribution in [3.63, 3.8) is 0 Å². The van der Waals surface area contributed by atoms with E-state index >= 15 is 0 Å². The van der Waals surface area contributed by atoms with Gasteiger partial charge in [0.05, 0.1) is 21.0 Å². The molecule has 126 valence electrons. The molecule has 2 atom stereocenters. The van der Waals surface area contributed by atoms with Gasteiger partial charge in [0, 0.05) is 47.8 Å². The minimum absolute atomic E-state index is 0.0525. The van der Waals surface area contributed by atoms with Crippen molar-refractivity contribution in [3.8, 4) is 11.5 Å². The van der Waals surface area contributed by atoms with Gasteiger partial charge in [-0.2, -0.15) is 0 Å². The fraction of sp³-hybridized carbons (Fsp3) is 0.632. The summed E-state index contributed by atoms with van der Waals surface area (Å²) in [6, 6.07) is -2.92. The number of ketones is 1. The lowest BCUT2D eigenvalue weighted by Crippen LogP contribution is -2.46. The second-order valence-electron chi connectivity index (χ2n) is 5.18. The molecule has 1 aromatic carbocycles. The molecule has 2 unspecified atom stereocenters. The molecule has 0 N–H and O–H groups in total. The highest BCUT2D eigenvalue weighted by molar-refractivity contribution is 5.83. The number of Topliss-reactive ketones (excluding diaryl/α,β-unsaturated/α-hetero) is 1. The summed E-state index contributed by atoms with van der Waals surface area (Å²) in [5.74, 6) is -10.4. The van der Waals surface area contributed by atoms with Crippen LogP contribution in [0, 0.1) is 11.8 Å². The van der Waals surface area contributed by atoms with E-state index in [-0.39, 0.29) is 24.1 Å². The lowest BCUT2D eigenvalue weighted by Gasteiger charge is -2.43. The standard InChI is InChI=1S/C19H27NO3/c1-12(2)7-14-11-20-6-5-13-8-18(22-3)19(23-4)9-15(13)16(20)10-17(14)21/h8-9,12,14,16H,5-7,10-11H2,1-4H3/i1D3,2D3,3D3,7D2,8D,9D,10D2,12D,14D. The van der Waals surface area contributed by atoms with Gasteiger partial charge in [0.15, 0.2) is 11.5 Å². The average Bonchev–Trinajstić information content (AvgIpc) is 2.77. The van der Waals surface area contributed by atoms with E-state index in [9.17, 15) is 4.79 Å². The molecular formula is C19H27NO3. The van der Waals surface area contributed by atoms with Crippen molar-refractivity contribution in [1.29, 1.82) is 0 Å². The number of ether oxygens (including phenoxy) is 2. The summed E-state index contributed by atoms with van der Waals surface area (Å²) < 4.78 is 147. The first-order valence-electron chi connectivity index (χ1n) is 15.4. The molecule has 2 heterocycles. The van der Waals surface area contributed by atoms with Gasteiger partial charge in [-0.15, -0.1) is 0 Å². The molecule has 2 aliphatic heterocycles. The molecule has 0 saturated carbocycles. The van der Waals surface area contributed by atoms with E-state index in [0.29, 0.717) is 0 Å². The van der Waals surface area contributed by atoms with Gasteiger partial charge in [-0.05, 0) is 41.9 Å². The first-order valence-corrected chi connectivity index (χ1v) is 6.90. The molecule has 0 radical (unpaired) electrons. The van der Waals surface area contributed by atoms with Gasteiger partial charge in [0.25, 0.3) is 0 Å². The maximum Gasteiger partial charge on any atom is 0.161 e. The zero-order valence-corrected chi connectivity index (χ0v) is 12.4. The van der Waals surface area contributed by atoms with Gasteiger partial charge in [0.1, 0.15) is 5.78 Å². The highest BCUT2D eigenvalue weighted by Gasteiger charge is 2.38. The van der Waals surface area contributed by atoms with Crippen LogP contribution in [0.2, 0.25) is 0 Å². The quantitative estimate of drug-likeness (QED) is 0.847. The van der Waals surface area contributed by atoms with Crippen LogP contribution < -0.4 is 9.47 Å². The second-order valence-corrected chi connectivity index (χ2v) is 5.18. The molecule has 0 aromatic heterocycles. The third-order valence-electron chi connectivity index (χ3n) is 3.82. The Bertz CT molecular complexity index is 1190. The number of nitrogens with zero attached hydrogens (tertiary/aromatic N) is 1. The number of rotatable bonds is 4. The summed E-state index contributed by atoms with van der Waals surface area (Å²) in [4.78, 5) is 14.7. The predicted molar refractivity (Wildman–Crippen MR) is 90.1 cm³/mol. The van der Waals surface area contributed by atoms with Crippen molar-refractivity contribution < 1.29 is 37.6 Å². The minimum Gasteiger partial charge on any atom is -0.493 e. The number of piperidine rings is 1. The van der Waals surface area contributed by atoms with Gasteiger partial charge >= 0.3 is 0 Å². The number of benzene rings is 1. The smallest absolute Gasteiger partial charge is 0.161 e. The van der Waals surface area contributed by atoms with Crippen molar-refractivity contribution in [3.05, 3.63) is 23.2 Å². The first kappa shape index (κ1) is 5.48. The molecular weight excluding hydrogens is 290 g/mol. The lowest BCUT2D eigenvalue weighted by atomic mass is 9.80. The van der Waals surface area contributed by atoms with E-state index in [1.54, 1.807) is 0 Å². The summed E-state index contributed by atoms with van der Waals surface area (Å²) in [6.45, 7) is -9.05. The summed E-state index contributed by atoms with van der Waals surface area (Å²) in [6.07, 6.45) is -7.41. The number of hydrogen-bond donors (Lipinski definition) is 0. The average molecular weight is 335 g/mol. The SMILES string of the molecule is [2H]c1c2c(c([2H])c(OC)c1OC([2H])([2H])[2H])C1N(CC2)CC([2H])(C([2H])([2H])C([2H])(C([2H])([2H])[2H])C([2H])([2H])[2H])C(=O)C1([2H])[2H]. The second kappa shape index (κ2) is 6.52. The van der Waals surface area contributed by atoms with Crippen LogP contribution in [0.25, 0.3) is 0 Å². The Morgan fingerprint density at radius 2 is 2.39 bits per heavy atom. The monoisotopic (exact) mass is 334 g/mol. The zero-order valence-electron chi connectivity index (χ0n) is 29.4. The van der Waals surface area contributed by atoms with Crippen molar-refractivity contribution in [2.75, 3.05) is 27.2 Å². The van der Waals surface area contributed by atoms with Gasteiger partial charge in [-0.3, -0.25) is 9.69 Å². The van der Waals surface area contributed by atoms with Crippen LogP contribution in [-0.4, -0.2) is 37.9 Å². The summed E-state index contributed by atoms with van der Waals surface area (Å²) in [5, 5.41) is 0. The number of methoxy groups -OCH3 is 2. The maximum absolute atomic E-state index is 13.7. The van der Waals surface area contributed by atoms with E-state index in [1.807, 2.05) is 0 Å². The van der Waals surface area contributed by atoms with E-state index in [2.05, 4.69) is 0 Å². The van der Waals surface area contributed by atoms with E-state index in [0.717, 1.165) is 12.0 Å². The van der Waals surface area contributed by atoms with Gasteiger partial charge in [-0.25, -0.2) is 0 Å². The van der Waals surface area contributed by atoms with Crippen LogP contribution in [0.1, 0.15) is 66.9 Å². The zero-order chi connectivity index (χ0) is 31.2. The normalized spacial score (nSPS) is 43.3. The molecule has 1 aromatic rings. The Morgan fingerprint density at radius 3 is 3.13 bits per heavy atom. The van der Waals surface area contributed by atoms with Gasteiger partial charge < -0.3 is 9.47 Å². The predicted octanol–water partition coefficient (Wildman–Crippen LogP) is 3.24. The molecule has 0 bridgehead atoms. The third-order valence-corrected chi connectivity index (χ3v) is 3.82. The van der Waals surface area contributed by atoms with E-state index in [1.165, 1.54) is 0 Å². The molecule has 4 heteroatoms. The van der Waals surface area contributed by atoms with Gasteiger partial charge in [-0.1, -0.05) is 13.7 Å². The Kier molecular flexibility index (Phi) is 1.55. The molecule has 23 heavy (non-hydrogen) atoms. The van der Waals surface area contributed by atoms with E-state index in [4.69, 9.17) is 32.8 Å². The van der Waals surface area contributed by atoms with Crippen molar-refractivity contribution >= 4 is 5.78 Å². The maximum atomic E-state index is 13.7. The third kappa shape index (κ3) is 3.09. The fourth-order valence-corrected chi connectivity index (χ4v) is 2.80. The van der Waals surface area contributed by atoms with Crippen LogP contribution in [0.15, 0.2) is 12.1 Å². The van der Waals surface area contributed by atoms with E-state index < -0.39 is 87.2 Å². The summed E-state index contributed by atoms with van der Waals surface area (Å²) >= 11 is 0. The van der Waals surface area contributed by atoms with Crippen LogP contribution in [0.3, 0.4) is 0 Å².